The molecule has 0 saturated carbocycles. The largest absolute Gasteiger partial charge is 0.506 e. The van der Waals surface area contributed by atoms with E-state index in [0.717, 1.165) is 6.42 Å². The number of aliphatic hydroxyl groups is 1. The molecule has 0 fully saturated rings. The van der Waals surface area contributed by atoms with Gasteiger partial charge in [0.2, 0.25) is 0 Å². The molecule has 0 bridgehead atoms. The van der Waals surface area contributed by atoms with Gasteiger partial charge in [0.05, 0.1) is 5.71 Å². The molecule has 0 atom stereocenters. The van der Waals surface area contributed by atoms with Crippen molar-refractivity contribution in [2.45, 2.75) is 26.4 Å². The van der Waals surface area contributed by atoms with E-state index in [2.05, 4.69) is 4.99 Å². The van der Waals surface area contributed by atoms with Crippen molar-refractivity contribution in [1.82, 2.24) is 9.36 Å². The molecule has 2 aliphatic rings. The van der Waals surface area contributed by atoms with Gasteiger partial charge in [0.1, 0.15) is 11.5 Å². The highest BCUT2D eigenvalue weighted by Crippen LogP contribution is 2.24. The fourth-order valence-corrected chi connectivity index (χ4v) is 2.42. The van der Waals surface area contributed by atoms with Crippen LogP contribution in [0.25, 0.3) is 0 Å². The van der Waals surface area contributed by atoms with E-state index in [0.29, 0.717) is 24.5 Å². The Morgan fingerprint density at radius 2 is 2.05 bits per heavy atom. The monoisotopic (exact) mass is 273 g/mol. The Balaban J connectivity index is 2.13. The lowest BCUT2D eigenvalue weighted by molar-refractivity contribution is 0.444. The number of fused-ring (bicyclic) bond motifs is 1. The summed E-state index contributed by atoms with van der Waals surface area (Å²) in [6, 6.07) is 0. The van der Waals surface area contributed by atoms with Gasteiger partial charge in [0.15, 0.2) is 11.5 Å². The summed E-state index contributed by atoms with van der Waals surface area (Å²) in [5.41, 5.74) is 7.01. The molecule has 20 heavy (non-hydrogen) atoms. The number of anilines is 1. The molecule has 3 rings (SSSR count). The van der Waals surface area contributed by atoms with Crippen LogP contribution in [0, 0.1) is 5.41 Å². The first-order chi connectivity index (χ1) is 9.49. The van der Waals surface area contributed by atoms with Crippen LogP contribution in [0.2, 0.25) is 0 Å². The van der Waals surface area contributed by atoms with Crippen LogP contribution in [0.5, 0.6) is 0 Å². The highest BCUT2D eigenvalue weighted by atomic mass is 16.3. The molecule has 1 aliphatic carbocycles. The standard InChI is InChI=1S/C13H15N5O2/c1-7-5-9(10(19)6-8(7)14)16-11-12(15)17-3-2-4-18(17)13(11)20/h5-6,14,19H,2-4,15H2,1H3/b14-8?,16-9+. The lowest BCUT2D eigenvalue weighted by atomic mass is 10.0. The number of aliphatic imine (C=N–C) groups is 1. The molecule has 104 valence electrons. The SMILES string of the molecule is CC1=C/C(=N\c2c(N)n3n(c2=O)CCC3)C(O)=CC1=N. The van der Waals surface area contributed by atoms with E-state index in [9.17, 15) is 9.90 Å². The summed E-state index contributed by atoms with van der Waals surface area (Å²) < 4.78 is 3.28. The highest BCUT2D eigenvalue weighted by molar-refractivity contribution is 6.22. The summed E-state index contributed by atoms with van der Waals surface area (Å²) in [6.07, 6.45) is 3.77. The fourth-order valence-electron chi connectivity index (χ4n) is 2.42. The van der Waals surface area contributed by atoms with Gasteiger partial charge in [-0.3, -0.25) is 9.48 Å². The van der Waals surface area contributed by atoms with Crippen LogP contribution in [0.1, 0.15) is 13.3 Å². The van der Waals surface area contributed by atoms with Crippen molar-refractivity contribution in [2.24, 2.45) is 4.99 Å². The second kappa shape index (κ2) is 4.22. The Morgan fingerprint density at radius 3 is 2.75 bits per heavy atom. The molecule has 1 aliphatic heterocycles. The third kappa shape index (κ3) is 1.70. The van der Waals surface area contributed by atoms with E-state index in [1.165, 1.54) is 6.08 Å². The van der Waals surface area contributed by atoms with Crippen molar-refractivity contribution >= 4 is 22.9 Å². The molecule has 4 N–H and O–H groups in total. The Kier molecular flexibility index (Phi) is 2.63. The average molecular weight is 273 g/mol. The molecule has 0 aromatic carbocycles. The van der Waals surface area contributed by atoms with E-state index in [-0.39, 0.29) is 28.4 Å². The second-order valence-corrected chi connectivity index (χ2v) is 4.91. The fraction of sp³-hybridized carbons (Fsp3) is 0.308. The van der Waals surface area contributed by atoms with E-state index < -0.39 is 0 Å². The van der Waals surface area contributed by atoms with Crippen molar-refractivity contribution in [3.8, 4) is 0 Å². The van der Waals surface area contributed by atoms with E-state index in [1.54, 1.807) is 22.4 Å². The summed E-state index contributed by atoms with van der Waals surface area (Å²) in [6.45, 7) is 3.08. The molecular weight excluding hydrogens is 258 g/mol. The van der Waals surface area contributed by atoms with Crippen molar-refractivity contribution in [3.05, 3.63) is 33.8 Å². The number of hydrogen-bond acceptors (Lipinski definition) is 5. The molecule has 7 heteroatoms. The lowest BCUT2D eigenvalue weighted by Gasteiger charge is -2.09. The Bertz CT molecular complexity index is 760. The average Bonchev–Trinajstić information content (AvgIpc) is 2.95. The summed E-state index contributed by atoms with van der Waals surface area (Å²) in [7, 11) is 0. The van der Waals surface area contributed by atoms with Crippen molar-refractivity contribution < 1.29 is 5.11 Å². The van der Waals surface area contributed by atoms with Gasteiger partial charge in [-0.05, 0) is 25.0 Å². The van der Waals surface area contributed by atoms with Gasteiger partial charge in [-0.25, -0.2) is 9.67 Å². The molecule has 0 saturated heterocycles. The van der Waals surface area contributed by atoms with Crippen molar-refractivity contribution in [1.29, 1.82) is 5.41 Å². The molecule has 1 aromatic rings. The van der Waals surface area contributed by atoms with Gasteiger partial charge in [-0.15, -0.1) is 0 Å². The molecule has 2 heterocycles. The van der Waals surface area contributed by atoms with E-state index >= 15 is 0 Å². The van der Waals surface area contributed by atoms with Gasteiger partial charge in [0.25, 0.3) is 5.56 Å². The summed E-state index contributed by atoms with van der Waals surface area (Å²) in [5.74, 6) is 0.190. The van der Waals surface area contributed by atoms with Crippen LogP contribution in [0.3, 0.4) is 0 Å². The van der Waals surface area contributed by atoms with Gasteiger partial charge >= 0.3 is 0 Å². The molecule has 7 nitrogen and oxygen atoms in total. The molecular formula is C13H15N5O2. The summed E-state index contributed by atoms with van der Waals surface area (Å²) >= 11 is 0. The number of nitrogen functional groups attached to an aromatic ring is 1. The summed E-state index contributed by atoms with van der Waals surface area (Å²) in [5, 5.41) is 17.4. The van der Waals surface area contributed by atoms with Gasteiger partial charge in [0, 0.05) is 19.2 Å². The van der Waals surface area contributed by atoms with Crippen molar-refractivity contribution in [2.75, 3.05) is 5.73 Å². The number of nitrogens with one attached hydrogen (secondary N) is 1. The number of aromatic nitrogens is 2. The topological polar surface area (TPSA) is 109 Å². The maximum absolute atomic E-state index is 12.2. The predicted octanol–water partition coefficient (Wildman–Crippen LogP) is 1.13. The van der Waals surface area contributed by atoms with Crippen LogP contribution >= 0.6 is 0 Å². The smallest absolute Gasteiger partial charge is 0.294 e. The lowest BCUT2D eigenvalue weighted by Crippen LogP contribution is -2.17. The highest BCUT2D eigenvalue weighted by Gasteiger charge is 2.22. The number of nitrogens with zero attached hydrogens (tertiary/aromatic N) is 3. The third-order valence-electron chi connectivity index (χ3n) is 3.54. The van der Waals surface area contributed by atoms with Gasteiger partial charge < -0.3 is 16.2 Å². The quantitative estimate of drug-likeness (QED) is 0.667. The predicted molar refractivity (Wildman–Crippen MR) is 77.0 cm³/mol. The second-order valence-electron chi connectivity index (χ2n) is 4.91. The first-order valence-corrected chi connectivity index (χ1v) is 6.35. The molecule has 0 unspecified atom stereocenters. The van der Waals surface area contributed by atoms with Crippen LogP contribution in [-0.4, -0.2) is 25.9 Å². The van der Waals surface area contributed by atoms with Crippen LogP contribution in [0.15, 0.2) is 33.3 Å². The Hall–Kier alpha value is -2.57. The first-order valence-electron chi connectivity index (χ1n) is 6.35. The molecule has 1 aromatic heterocycles. The molecule has 0 radical (unpaired) electrons. The number of aliphatic hydroxyl groups excluding tert-OH is 1. The molecule has 0 spiro atoms. The zero-order valence-electron chi connectivity index (χ0n) is 11.1. The number of allylic oxidation sites excluding steroid dienone is 3. The molecule has 0 amide bonds. The zero-order chi connectivity index (χ0) is 14.4. The third-order valence-corrected chi connectivity index (χ3v) is 3.54. The summed E-state index contributed by atoms with van der Waals surface area (Å²) in [4.78, 5) is 16.4. The number of rotatable bonds is 1. The number of nitrogens with two attached hydrogens (primary N) is 1. The maximum Gasteiger partial charge on any atom is 0.294 e. The Morgan fingerprint density at radius 1 is 1.35 bits per heavy atom. The van der Waals surface area contributed by atoms with Gasteiger partial charge in [-0.1, -0.05) is 0 Å². The minimum Gasteiger partial charge on any atom is -0.506 e. The number of hydrogen-bond donors (Lipinski definition) is 3. The first kappa shape index (κ1) is 12.5. The maximum atomic E-state index is 12.2. The van der Waals surface area contributed by atoms with E-state index in [4.69, 9.17) is 11.1 Å². The van der Waals surface area contributed by atoms with Crippen LogP contribution in [-0.2, 0) is 13.1 Å². The van der Waals surface area contributed by atoms with Crippen LogP contribution < -0.4 is 11.3 Å². The normalized spacial score (nSPS) is 20.1. The van der Waals surface area contributed by atoms with Crippen molar-refractivity contribution in [3.63, 3.8) is 0 Å². The Labute approximate surface area is 114 Å². The van der Waals surface area contributed by atoms with E-state index in [1.807, 2.05) is 0 Å². The minimum atomic E-state index is -0.244. The zero-order valence-corrected chi connectivity index (χ0v) is 11.1. The minimum absolute atomic E-state index is 0.129. The van der Waals surface area contributed by atoms with Crippen LogP contribution in [0.4, 0.5) is 11.5 Å². The van der Waals surface area contributed by atoms with Gasteiger partial charge in [-0.2, -0.15) is 0 Å².